The Morgan fingerprint density at radius 2 is 1.81 bits per heavy atom. The number of halogens is 5. The number of imidazole rings is 1. The van der Waals surface area contributed by atoms with Gasteiger partial charge in [0.2, 0.25) is 15.8 Å². The van der Waals surface area contributed by atoms with Crippen LogP contribution in [0.4, 0.5) is 18.9 Å². The summed E-state index contributed by atoms with van der Waals surface area (Å²) in [6.07, 6.45) is -1.13. The van der Waals surface area contributed by atoms with Crippen LogP contribution in [0.5, 0.6) is 5.75 Å². The Bertz CT molecular complexity index is 1450. The van der Waals surface area contributed by atoms with Gasteiger partial charge < -0.3 is 23.7 Å². The lowest BCUT2D eigenvalue weighted by atomic mass is 10.1. The van der Waals surface area contributed by atoms with Gasteiger partial charge in [-0.3, -0.25) is 0 Å². The minimum atomic E-state index is -4.51. The van der Waals surface area contributed by atoms with E-state index in [0.717, 1.165) is 9.99 Å². The molecule has 0 spiro atoms. The number of piperazine rings is 1. The van der Waals surface area contributed by atoms with Gasteiger partial charge in [-0.25, -0.2) is 13.4 Å². The van der Waals surface area contributed by atoms with Crippen molar-refractivity contribution in [1.82, 2.24) is 13.9 Å². The fourth-order valence-electron chi connectivity index (χ4n) is 4.92. The predicted molar refractivity (Wildman–Crippen MR) is 151 cm³/mol. The molecule has 0 radical (unpaired) electrons. The highest BCUT2D eigenvalue weighted by Gasteiger charge is 2.45. The van der Waals surface area contributed by atoms with Crippen LogP contribution in [-0.4, -0.2) is 79.7 Å². The number of alkyl halides is 3. The van der Waals surface area contributed by atoms with Crippen molar-refractivity contribution in [2.45, 2.75) is 31.0 Å². The first kappa shape index (κ1) is 30.9. The first-order chi connectivity index (χ1) is 19.9. The van der Waals surface area contributed by atoms with Crippen LogP contribution in [0.3, 0.4) is 0 Å². The number of benzene rings is 2. The molecule has 1 aromatic heterocycles. The summed E-state index contributed by atoms with van der Waals surface area (Å²) in [6.45, 7) is 1.77. The second-order valence-electron chi connectivity index (χ2n) is 10.0. The standard InChI is InChI=1S/C27H29Cl2F3N4O5S/c28-20-1-6-24(25(29)15-20)26(18-34-9-8-33-19-34)40-17-23(41-26)16-39-22-4-2-21(3-5-22)35-10-12-36(13-11-35)42(37,38)14-7-27(30,31)32/h1-6,8-9,15,19,23H,7,10-14,16-18H2/t23-,26-/m1/s1. The van der Waals surface area contributed by atoms with Crippen molar-refractivity contribution in [2.75, 3.05) is 50.0 Å². The van der Waals surface area contributed by atoms with E-state index >= 15 is 0 Å². The number of sulfonamides is 1. The highest BCUT2D eigenvalue weighted by molar-refractivity contribution is 7.89. The highest BCUT2D eigenvalue weighted by Crippen LogP contribution is 2.40. The summed E-state index contributed by atoms with van der Waals surface area (Å²) in [5.41, 5.74) is 1.49. The van der Waals surface area contributed by atoms with Gasteiger partial charge in [-0.2, -0.15) is 17.5 Å². The molecule has 2 atom stereocenters. The molecular formula is C27H29Cl2F3N4O5S. The number of hydrogen-bond donors (Lipinski definition) is 0. The average Bonchev–Trinajstić information content (AvgIpc) is 3.61. The third kappa shape index (κ3) is 7.50. The van der Waals surface area contributed by atoms with E-state index in [1.165, 1.54) is 0 Å². The Kier molecular flexibility index (Phi) is 9.26. The zero-order chi connectivity index (χ0) is 30.0. The van der Waals surface area contributed by atoms with Gasteiger partial charge in [-0.05, 0) is 36.4 Å². The smallest absolute Gasteiger partial charge is 0.390 e. The van der Waals surface area contributed by atoms with Crippen LogP contribution in [0.25, 0.3) is 0 Å². The maximum Gasteiger partial charge on any atom is 0.390 e. The topological polar surface area (TPSA) is 86.1 Å². The van der Waals surface area contributed by atoms with Gasteiger partial charge in [0, 0.05) is 54.8 Å². The molecule has 9 nitrogen and oxygen atoms in total. The molecule has 228 valence electrons. The van der Waals surface area contributed by atoms with Gasteiger partial charge >= 0.3 is 6.18 Å². The monoisotopic (exact) mass is 648 g/mol. The molecule has 2 aromatic carbocycles. The molecule has 0 saturated carbocycles. The van der Waals surface area contributed by atoms with Gasteiger partial charge in [0.1, 0.15) is 18.5 Å². The molecule has 2 fully saturated rings. The third-order valence-electron chi connectivity index (χ3n) is 7.06. The average molecular weight is 650 g/mol. The maximum atomic E-state index is 12.5. The maximum absolute atomic E-state index is 12.5. The zero-order valence-corrected chi connectivity index (χ0v) is 24.7. The Morgan fingerprint density at radius 1 is 1.07 bits per heavy atom. The van der Waals surface area contributed by atoms with E-state index in [9.17, 15) is 21.6 Å². The molecule has 2 aliphatic heterocycles. The van der Waals surface area contributed by atoms with Crippen LogP contribution in [0.2, 0.25) is 10.0 Å². The normalized spacial score (nSPS) is 22.0. The minimum absolute atomic E-state index is 0.121. The lowest BCUT2D eigenvalue weighted by Crippen LogP contribution is -2.49. The minimum Gasteiger partial charge on any atom is -0.491 e. The zero-order valence-electron chi connectivity index (χ0n) is 22.3. The van der Waals surface area contributed by atoms with Crippen molar-refractivity contribution < 1.29 is 35.8 Å². The molecule has 15 heteroatoms. The van der Waals surface area contributed by atoms with Gasteiger partial charge in [-0.15, -0.1) is 0 Å². The SMILES string of the molecule is O=S(=O)(CCC(F)(F)F)N1CCN(c2ccc(OC[C@@H]3CO[C@@](Cn4ccnc4)(c4ccc(Cl)cc4Cl)O3)cc2)CC1. The number of rotatable bonds is 10. The van der Waals surface area contributed by atoms with E-state index in [1.807, 2.05) is 21.6 Å². The van der Waals surface area contributed by atoms with Gasteiger partial charge in [-0.1, -0.05) is 29.3 Å². The van der Waals surface area contributed by atoms with Crippen molar-refractivity contribution in [3.8, 4) is 5.75 Å². The number of hydrogen-bond acceptors (Lipinski definition) is 7. The Labute approximate surface area is 251 Å². The third-order valence-corrected chi connectivity index (χ3v) is 9.48. The fraction of sp³-hybridized carbons (Fsp3) is 0.444. The van der Waals surface area contributed by atoms with Gasteiger partial charge in [0.05, 0.1) is 36.7 Å². The van der Waals surface area contributed by atoms with E-state index in [-0.39, 0.29) is 26.3 Å². The summed E-state index contributed by atoms with van der Waals surface area (Å²) in [4.78, 5) is 6.07. The van der Waals surface area contributed by atoms with E-state index in [4.69, 9.17) is 37.4 Å². The van der Waals surface area contributed by atoms with Crippen LogP contribution in [0.1, 0.15) is 12.0 Å². The summed E-state index contributed by atoms with van der Waals surface area (Å²) in [5.74, 6) is -1.49. The summed E-state index contributed by atoms with van der Waals surface area (Å²) >= 11 is 12.6. The largest absolute Gasteiger partial charge is 0.491 e. The summed E-state index contributed by atoms with van der Waals surface area (Å²) < 4.78 is 83.6. The summed E-state index contributed by atoms with van der Waals surface area (Å²) in [6, 6.07) is 12.4. The lowest BCUT2D eigenvalue weighted by Gasteiger charge is -2.35. The van der Waals surface area contributed by atoms with E-state index in [2.05, 4.69) is 4.98 Å². The molecular weight excluding hydrogens is 620 g/mol. The molecule has 2 aliphatic rings. The number of aromatic nitrogens is 2. The van der Waals surface area contributed by atoms with Crippen molar-refractivity contribution in [3.63, 3.8) is 0 Å². The molecule has 5 rings (SSSR count). The quantitative estimate of drug-likeness (QED) is 0.308. The van der Waals surface area contributed by atoms with E-state index in [0.29, 0.717) is 41.0 Å². The van der Waals surface area contributed by atoms with Crippen LogP contribution in [0.15, 0.2) is 61.2 Å². The lowest BCUT2D eigenvalue weighted by molar-refractivity contribution is -0.189. The molecule has 3 aromatic rings. The summed E-state index contributed by atoms with van der Waals surface area (Å²) in [7, 11) is -3.96. The van der Waals surface area contributed by atoms with Crippen molar-refractivity contribution >= 4 is 38.9 Å². The van der Waals surface area contributed by atoms with Crippen LogP contribution < -0.4 is 9.64 Å². The van der Waals surface area contributed by atoms with Crippen molar-refractivity contribution in [2.24, 2.45) is 0 Å². The Balaban J connectivity index is 1.16. The molecule has 0 bridgehead atoms. The second kappa shape index (κ2) is 12.6. The highest BCUT2D eigenvalue weighted by atomic mass is 35.5. The Morgan fingerprint density at radius 3 is 2.45 bits per heavy atom. The fourth-order valence-corrected chi connectivity index (χ4v) is 6.94. The molecule has 2 saturated heterocycles. The van der Waals surface area contributed by atoms with Gasteiger partial charge in [0.15, 0.2) is 0 Å². The van der Waals surface area contributed by atoms with Crippen molar-refractivity contribution in [3.05, 3.63) is 76.8 Å². The second-order valence-corrected chi connectivity index (χ2v) is 13.0. The van der Waals surface area contributed by atoms with Crippen LogP contribution in [-0.2, 0) is 31.8 Å². The molecule has 0 N–H and O–H groups in total. The first-order valence-corrected chi connectivity index (χ1v) is 15.5. The molecule has 42 heavy (non-hydrogen) atoms. The van der Waals surface area contributed by atoms with E-state index < -0.39 is 40.3 Å². The number of anilines is 1. The van der Waals surface area contributed by atoms with E-state index in [1.54, 1.807) is 49.1 Å². The van der Waals surface area contributed by atoms with Crippen LogP contribution >= 0.6 is 23.2 Å². The number of ether oxygens (including phenoxy) is 3. The molecule has 0 aliphatic carbocycles. The van der Waals surface area contributed by atoms with Gasteiger partial charge in [0.25, 0.3) is 0 Å². The molecule has 0 amide bonds. The molecule has 0 unspecified atom stereocenters. The predicted octanol–water partition coefficient (Wildman–Crippen LogP) is 4.94. The molecule has 3 heterocycles. The Hall–Kier alpha value is -2.55. The summed E-state index contributed by atoms with van der Waals surface area (Å²) in [5, 5.41) is 0.912. The number of nitrogens with zero attached hydrogens (tertiary/aromatic N) is 4. The first-order valence-electron chi connectivity index (χ1n) is 13.2. The van der Waals surface area contributed by atoms with Crippen molar-refractivity contribution in [1.29, 1.82) is 0 Å². The van der Waals surface area contributed by atoms with Crippen LogP contribution in [0, 0.1) is 0 Å².